The Labute approximate surface area is 97.0 Å². The molecule has 1 saturated carbocycles. The average Bonchev–Trinajstić information content (AvgIpc) is 2.12. The van der Waals surface area contributed by atoms with Gasteiger partial charge in [0.1, 0.15) is 5.82 Å². The van der Waals surface area contributed by atoms with E-state index in [9.17, 15) is 14.3 Å². The van der Waals surface area contributed by atoms with Crippen molar-refractivity contribution < 1.29 is 14.3 Å². The van der Waals surface area contributed by atoms with Gasteiger partial charge in [0, 0.05) is 11.1 Å². The molecule has 86 valence electrons. The molecule has 0 saturated heterocycles. The van der Waals surface area contributed by atoms with Crippen LogP contribution >= 0.6 is 11.6 Å². The van der Waals surface area contributed by atoms with Crippen LogP contribution in [-0.4, -0.2) is 17.1 Å². The second-order valence-electron chi connectivity index (χ2n) is 4.18. The van der Waals surface area contributed by atoms with E-state index < -0.39 is 17.2 Å². The molecule has 1 aromatic rings. The molecule has 0 atom stereocenters. The molecule has 1 aliphatic carbocycles. The highest BCUT2D eigenvalue weighted by Crippen LogP contribution is 2.45. The van der Waals surface area contributed by atoms with Gasteiger partial charge in [0.15, 0.2) is 0 Å². The van der Waals surface area contributed by atoms with Crippen LogP contribution in [0.25, 0.3) is 0 Å². The molecule has 0 spiro atoms. The summed E-state index contributed by atoms with van der Waals surface area (Å²) in [4.78, 5) is 11.3. The van der Waals surface area contributed by atoms with Gasteiger partial charge in [-0.15, -0.1) is 0 Å². The summed E-state index contributed by atoms with van der Waals surface area (Å²) in [7, 11) is 0. The molecule has 0 aliphatic heterocycles. The number of rotatable bonds is 2. The fraction of sp³-hybridized carbons (Fsp3) is 0.364. The summed E-state index contributed by atoms with van der Waals surface area (Å²) in [5.74, 6) is -1.43. The van der Waals surface area contributed by atoms with Gasteiger partial charge in [-0.1, -0.05) is 17.7 Å². The zero-order valence-electron chi connectivity index (χ0n) is 8.41. The third kappa shape index (κ3) is 1.58. The zero-order valence-corrected chi connectivity index (χ0v) is 9.17. The summed E-state index contributed by atoms with van der Waals surface area (Å²) in [5.41, 5.74) is 5.04. The number of halogens is 2. The molecule has 0 unspecified atom stereocenters. The van der Waals surface area contributed by atoms with Crippen molar-refractivity contribution in [2.75, 3.05) is 0 Å². The lowest BCUT2D eigenvalue weighted by Crippen LogP contribution is -2.54. The van der Waals surface area contributed by atoms with Crippen molar-refractivity contribution in [1.29, 1.82) is 0 Å². The Bertz CT molecular complexity index is 444. The number of benzene rings is 1. The third-order valence-electron chi connectivity index (χ3n) is 3.08. The number of carboxylic acid groups (broad SMARTS) is 1. The van der Waals surface area contributed by atoms with Crippen molar-refractivity contribution >= 4 is 17.6 Å². The topological polar surface area (TPSA) is 63.3 Å². The highest BCUT2D eigenvalue weighted by molar-refractivity contribution is 6.31. The monoisotopic (exact) mass is 243 g/mol. The number of hydrogen-bond donors (Lipinski definition) is 2. The van der Waals surface area contributed by atoms with E-state index in [0.717, 1.165) is 6.07 Å². The van der Waals surface area contributed by atoms with E-state index in [0.29, 0.717) is 18.4 Å². The van der Waals surface area contributed by atoms with Crippen LogP contribution in [0.5, 0.6) is 0 Å². The Morgan fingerprint density at radius 2 is 2.19 bits per heavy atom. The maximum absolute atomic E-state index is 12.9. The highest BCUT2D eigenvalue weighted by atomic mass is 35.5. The van der Waals surface area contributed by atoms with Gasteiger partial charge in [-0.2, -0.15) is 0 Å². The van der Waals surface area contributed by atoms with Crippen LogP contribution in [0.2, 0.25) is 5.02 Å². The van der Waals surface area contributed by atoms with E-state index in [1.165, 1.54) is 12.1 Å². The first-order valence-electron chi connectivity index (χ1n) is 4.90. The fourth-order valence-electron chi connectivity index (χ4n) is 2.22. The Balaban J connectivity index is 2.45. The molecular weight excluding hydrogens is 233 g/mol. The lowest BCUT2D eigenvalue weighted by Gasteiger charge is -2.43. The molecular formula is C11H11ClFNO2. The van der Waals surface area contributed by atoms with Gasteiger partial charge in [-0.25, -0.2) is 4.39 Å². The van der Waals surface area contributed by atoms with Crippen LogP contribution in [0.4, 0.5) is 4.39 Å². The molecule has 5 heteroatoms. The lowest BCUT2D eigenvalue weighted by atomic mass is 9.62. The van der Waals surface area contributed by atoms with E-state index in [1.807, 2.05) is 0 Å². The molecule has 1 aromatic carbocycles. The molecule has 0 bridgehead atoms. The number of nitrogens with two attached hydrogens (primary N) is 1. The summed E-state index contributed by atoms with van der Waals surface area (Å²) < 4.78 is 12.9. The Hall–Kier alpha value is -1.13. The molecule has 2 rings (SSSR count). The Morgan fingerprint density at radius 1 is 1.56 bits per heavy atom. The van der Waals surface area contributed by atoms with Gasteiger partial charge < -0.3 is 10.8 Å². The minimum atomic E-state index is -1.04. The molecule has 1 aliphatic rings. The van der Waals surface area contributed by atoms with Crippen LogP contribution in [-0.2, 0) is 10.2 Å². The standard InChI is InChI=1S/C11H11ClFNO2/c12-9-3-6(13)1-2-8(9)11(10(15)16)4-7(14)5-11/h1-3,7H,4-5,14H2,(H,15,16). The quantitative estimate of drug-likeness (QED) is 0.834. The maximum atomic E-state index is 12.9. The lowest BCUT2D eigenvalue weighted by molar-refractivity contribution is -0.148. The van der Waals surface area contributed by atoms with Gasteiger partial charge in [0.05, 0.1) is 5.41 Å². The van der Waals surface area contributed by atoms with Crippen LogP contribution in [0.1, 0.15) is 18.4 Å². The summed E-state index contributed by atoms with van der Waals surface area (Å²) in [6.45, 7) is 0. The second kappa shape index (κ2) is 3.71. The van der Waals surface area contributed by atoms with Crippen molar-refractivity contribution in [2.45, 2.75) is 24.3 Å². The molecule has 1 fully saturated rings. The smallest absolute Gasteiger partial charge is 0.314 e. The first-order chi connectivity index (χ1) is 7.45. The van der Waals surface area contributed by atoms with Gasteiger partial charge in [0.2, 0.25) is 0 Å². The van der Waals surface area contributed by atoms with Gasteiger partial charge in [0.25, 0.3) is 0 Å². The van der Waals surface area contributed by atoms with Gasteiger partial charge in [-0.05, 0) is 30.5 Å². The summed E-state index contributed by atoms with van der Waals surface area (Å²) in [6, 6.07) is 3.65. The van der Waals surface area contributed by atoms with Crippen molar-refractivity contribution in [2.24, 2.45) is 5.73 Å². The Kier molecular flexibility index (Phi) is 2.64. The van der Waals surface area contributed by atoms with Gasteiger partial charge in [-0.3, -0.25) is 4.79 Å². The Morgan fingerprint density at radius 3 is 2.62 bits per heavy atom. The van der Waals surface area contributed by atoms with Crippen molar-refractivity contribution in [1.82, 2.24) is 0 Å². The van der Waals surface area contributed by atoms with E-state index in [2.05, 4.69) is 0 Å². The van der Waals surface area contributed by atoms with Gasteiger partial charge >= 0.3 is 5.97 Å². The first kappa shape index (κ1) is 11.4. The summed E-state index contributed by atoms with van der Waals surface area (Å²) in [5, 5.41) is 9.39. The maximum Gasteiger partial charge on any atom is 0.314 e. The summed E-state index contributed by atoms with van der Waals surface area (Å²) in [6.07, 6.45) is 0.682. The SMILES string of the molecule is NC1CC(C(=O)O)(c2ccc(F)cc2Cl)C1. The second-order valence-corrected chi connectivity index (χ2v) is 4.59. The van der Waals surface area contributed by atoms with Crippen molar-refractivity contribution in [3.63, 3.8) is 0 Å². The van der Waals surface area contributed by atoms with E-state index >= 15 is 0 Å². The molecule has 3 nitrogen and oxygen atoms in total. The number of hydrogen-bond acceptors (Lipinski definition) is 2. The number of aliphatic carboxylic acids is 1. The minimum Gasteiger partial charge on any atom is -0.481 e. The molecule has 0 aromatic heterocycles. The van der Waals surface area contributed by atoms with E-state index in [4.69, 9.17) is 17.3 Å². The molecule has 3 N–H and O–H groups in total. The normalized spacial score (nSPS) is 28.6. The third-order valence-corrected chi connectivity index (χ3v) is 3.39. The number of carbonyl (C=O) groups is 1. The molecule has 0 amide bonds. The largest absolute Gasteiger partial charge is 0.481 e. The van der Waals surface area contributed by atoms with Crippen LogP contribution in [0.3, 0.4) is 0 Å². The predicted molar refractivity (Wildman–Crippen MR) is 57.9 cm³/mol. The zero-order chi connectivity index (χ0) is 11.9. The van der Waals surface area contributed by atoms with E-state index in [1.54, 1.807) is 0 Å². The van der Waals surface area contributed by atoms with Crippen molar-refractivity contribution in [3.8, 4) is 0 Å². The molecule has 0 heterocycles. The molecule has 0 radical (unpaired) electrons. The van der Waals surface area contributed by atoms with Crippen LogP contribution < -0.4 is 5.73 Å². The number of carboxylic acids is 1. The molecule has 16 heavy (non-hydrogen) atoms. The first-order valence-corrected chi connectivity index (χ1v) is 5.28. The van der Waals surface area contributed by atoms with E-state index in [-0.39, 0.29) is 11.1 Å². The predicted octanol–water partition coefficient (Wildman–Crippen LogP) is 1.92. The fourth-order valence-corrected chi connectivity index (χ4v) is 2.57. The highest BCUT2D eigenvalue weighted by Gasteiger charge is 2.51. The average molecular weight is 244 g/mol. The van der Waals surface area contributed by atoms with Crippen molar-refractivity contribution in [3.05, 3.63) is 34.6 Å². The minimum absolute atomic E-state index is 0.128. The van der Waals surface area contributed by atoms with Crippen LogP contribution in [0.15, 0.2) is 18.2 Å². The summed E-state index contributed by atoms with van der Waals surface area (Å²) >= 11 is 5.87. The van der Waals surface area contributed by atoms with Crippen LogP contribution in [0, 0.1) is 5.82 Å².